The molecule has 1 aromatic rings. The third kappa shape index (κ3) is 4.53. The lowest BCUT2D eigenvalue weighted by molar-refractivity contribution is 0.284. The molecule has 0 saturated carbocycles. The summed E-state index contributed by atoms with van der Waals surface area (Å²) in [4.78, 5) is 0. The van der Waals surface area contributed by atoms with Crippen LogP contribution in [0.1, 0.15) is 65.5 Å². The largest absolute Gasteiger partial charge is 0.0651 e. The van der Waals surface area contributed by atoms with E-state index < -0.39 is 0 Å². The third-order valence-electron chi connectivity index (χ3n) is 3.25. The van der Waals surface area contributed by atoms with E-state index in [0.29, 0.717) is 5.41 Å². The van der Waals surface area contributed by atoms with Gasteiger partial charge in [0.2, 0.25) is 0 Å². The minimum Gasteiger partial charge on any atom is -0.0651 e. The van der Waals surface area contributed by atoms with Crippen molar-refractivity contribution in [1.82, 2.24) is 0 Å². The van der Waals surface area contributed by atoms with Crippen LogP contribution in [-0.4, -0.2) is 0 Å². The van der Waals surface area contributed by atoms with Crippen molar-refractivity contribution in [2.24, 2.45) is 5.41 Å². The van der Waals surface area contributed by atoms with Gasteiger partial charge >= 0.3 is 0 Å². The van der Waals surface area contributed by atoms with Gasteiger partial charge in [-0.25, -0.2) is 0 Å². The van der Waals surface area contributed by atoms with Crippen molar-refractivity contribution >= 4 is 0 Å². The maximum absolute atomic E-state index is 2.35. The fraction of sp³-hybridized carbons (Fsp3) is 0.647. The van der Waals surface area contributed by atoms with Crippen molar-refractivity contribution in [3.8, 4) is 0 Å². The Morgan fingerprint density at radius 1 is 0.882 bits per heavy atom. The van der Waals surface area contributed by atoms with Gasteiger partial charge in [0.1, 0.15) is 0 Å². The lowest BCUT2D eigenvalue weighted by Gasteiger charge is -2.33. The van der Waals surface area contributed by atoms with Crippen LogP contribution < -0.4 is 0 Å². The first-order chi connectivity index (χ1) is 7.74. The zero-order valence-electron chi connectivity index (χ0n) is 12.4. The Morgan fingerprint density at radius 3 is 1.82 bits per heavy atom. The summed E-state index contributed by atoms with van der Waals surface area (Å²) < 4.78 is 0. The summed E-state index contributed by atoms with van der Waals surface area (Å²) >= 11 is 0. The van der Waals surface area contributed by atoms with Gasteiger partial charge in [-0.15, -0.1) is 0 Å². The minimum absolute atomic E-state index is 0.267. The third-order valence-corrected chi connectivity index (χ3v) is 3.25. The summed E-state index contributed by atoms with van der Waals surface area (Å²) in [6.45, 7) is 13.9. The zero-order valence-corrected chi connectivity index (χ0v) is 12.4. The van der Waals surface area contributed by atoms with Crippen LogP contribution in [-0.2, 0) is 11.8 Å². The molecule has 96 valence electrons. The van der Waals surface area contributed by atoms with Crippen molar-refractivity contribution in [2.45, 2.75) is 66.2 Å². The molecular weight excluding hydrogens is 204 g/mol. The van der Waals surface area contributed by atoms with E-state index in [0.717, 1.165) is 0 Å². The van der Waals surface area contributed by atoms with E-state index in [1.807, 2.05) is 0 Å². The zero-order chi connectivity index (χ0) is 13.1. The number of rotatable bonds is 4. The van der Waals surface area contributed by atoms with Crippen LogP contribution in [0.15, 0.2) is 24.3 Å². The number of hydrogen-bond donors (Lipinski definition) is 0. The fourth-order valence-electron chi connectivity index (χ4n) is 2.84. The molecule has 0 bridgehead atoms. The van der Waals surface area contributed by atoms with E-state index in [-0.39, 0.29) is 5.41 Å². The van der Waals surface area contributed by atoms with E-state index in [2.05, 4.69) is 65.8 Å². The summed E-state index contributed by atoms with van der Waals surface area (Å²) in [7, 11) is 0. The molecule has 0 aliphatic carbocycles. The lowest BCUT2D eigenvalue weighted by Crippen LogP contribution is -2.24. The maximum Gasteiger partial charge on any atom is -0.00986 e. The van der Waals surface area contributed by atoms with Gasteiger partial charge in [-0.3, -0.25) is 0 Å². The molecule has 0 unspecified atom stereocenters. The number of hydrogen-bond acceptors (Lipinski definition) is 0. The van der Waals surface area contributed by atoms with Crippen LogP contribution in [0.5, 0.6) is 0 Å². The van der Waals surface area contributed by atoms with Crippen molar-refractivity contribution in [3.05, 3.63) is 35.4 Å². The van der Waals surface area contributed by atoms with Crippen LogP contribution in [0.4, 0.5) is 0 Å². The average molecular weight is 232 g/mol. The summed E-state index contributed by atoms with van der Waals surface area (Å²) in [6, 6.07) is 9.22. The predicted molar refractivity (Wildman–Crippen MR) is 77.5 cm³/mol. The molecule has 0 radical (unpaired) electrons. The molecule has 1 rings (SSSR count). The van der Waals surface area contributed by atoms with Gasteiger partial charge in [0, 0.05) is 0 Å². The van der Waals surface area contributed by atoms with Gasteiger partial charge in [0.25, 0.3) is 0 Å². The molecule has 0 spiro atoms. The van der Waals surface area contributed by atoms with Gasteiger partial charge < -0.3 is 0 Å². The Labute approximate surface area is 107 Å². The van der Waals surface area contributed by atoms with E-state index in [4.69, 9.17) is 0 Å². The van der Waals surface area contributed by atoms with E-state index in [9.17, 15) is 0 Å². The average Bonchev–Trinajstić information content (AvgIpc) is 2.15. The molecule has 0 heteroatoms. The molecule has 0 aromatic heterocycles. The number of aryl methyl sites for hydroxylation is 1. The maximum atomic E-state index is 2.35. The molecule has 0 heterocycles. The summed E-state index contributed by atoms with van der Waals surface area (Å²) in [5.74, 6) is 0. The normalized spacial score (nSPS) is 12.8. The summed E-state index contributed by atoms with van der Waals surface area (Å²) in [5, 5.41) is 0. The van der Waals surface area contributed by atoms with Crippen LogP contribution in [0, 0.1) is 5.41 Å². The second-order valence-electron chi connectivity index (χ2n) is 7.07. The van der Waals surface area contributed by atoms with Crippen molar-refractivity contribution < 1.29 is 0 Å². The van der Waals surface area contributed by atoms with Gasteiger partial charge in [-0.1, -0.05) is 72.2 Å². The second-order valence-corrected chi connectivity index (χ2v) is 7.07. The van der Waals surface area contributed by atoms with Gasteiger partial charge in [-0.2, -0.15) is 0 Å². The second kappa shape index (κ2) is 5.25. The highest BCUT2D eigenvalue weighted by atomic mass is 14.3. The number of benzene rings is 1. The van der Waals surface area contributed by atoms with Gasteiger partial charge in [0.05, 0.1) is 0 Å². The van der Waals surface area contributed by atoms with Crippen LogP contribution in [0.2, 0.25) is 0 Å². The quantitative estimate of drug-likeness (QED) is 0.656. The Bertz CT molecular complexity index is 335. The topological polar surface area (TPSA) is 0 Å². The molecule has 0 nitrogen and oxygen atoms in total. The molecule has 1 aromatic carbocycles. The van der Waals surface area contributed by atoms with Crippen molar-refractivity contribution in [1.29, 1.82) is 0 Å². The highest BCUT2D eigenvalue weighted by Crippen LogP contribution is 2.36. The highest BCUT2D eigenvalue weighted by Gasteiger charge is 2.26. The molecule has 0 atom stereocenters. The standard InChI is InChI=1S/C17H28/c1-7-8-14-9-11-15(12-10-14)17(5,6)13-16(2,3)4/h9-12H,7-8,13H2,1-6H3. The first-order valence-corrected chi connectivity index (χ1v) is 6.84. The van der Waals surface area contributed by atoms with Gasteiger partial charge in [0.15, 0.2) is 0 Å². The SMILES string of the molecule is CCCc1ccc(C(C)(C)CC(C)(C)C)cc1. The van der Waals surface area contributed by atoms with Gasteiger partial charge in [-0.05, 0) is 34.8 Å². The van der Waals surface area contributed by atoms with Crippen LogP contribution in [0.25, 0.3) is 0 Å². The molecule has 0 fully saturated rings. The Morgan fingerprint density at radius 2 is 1.41 bits per heavy atom. The lowest BCUT2D eigenvalue weighted by atomic mass is 9.72. The highest BCUT2D eigenvalue weighted by molar-refractivity contribution is 5.28. The van der Waals surface area contributed by atoms with E-state index in [1.54, 1.807) is 0 Å². The Hall–Kier alpha value is -0.780. The molecule has 0 amide bonds. The first-order valence-electron chi connectivity index (χ1n) is 6.84. The predicted octanol–water partition coefficient (Wildman–Crippen LogP) is 5.35. The molecule has 17 heavy (non-hydrogen) atoms. The van der Waals surface area contributed by atoms with Crippen LogP contribution in [0.3, 0.4) is 0 Å². The fourth-order valence-corrected chi connectivity index (χ4v) is 2.84. The molecule has 0 aliphatic heterocycles. The van der Waals surface area contributed by atoms with Crippen molar-refractivity contribution in [3.63, 3.8) is 0 Å². The van der Waals surface area contributed by atoms with Crippen LogP contribution >= 0.6 is 0 Å². The monoisotopic (exact) mass is 232 g/mol. The van der Waals surface area contributed by atoms with E-state index >= 15 is 0 Å². The summed E-state index contributed by atoms with van der Waals surface area (Å²) in [6.07, 6.45) is 3.64. The first kappa shape index (κ1) is 14.3. The van der Waals surface area contributed by atoms with E-state index in [1.165, 1.54) is 30.4 Å². The molecular formula is C17H28. The van der Waals surface area contributed by atoms with Crippen molar-refractivity contribution in [2.75, 3.05) is 0 Å². The molecule has 0 aliphatic rings. The molecule has 0 N–H and O–H groups in total. The minimum atomic E-state index is 0.267. The smallest absolute Gasteiger partial charge is 0.00986 e. The Kier molecular flexibility index (Phi) is 4.41. The summed E-state index contributed by atoms with van der Waals surface area (Å²) in [5.41, 5.74) is 3.57. The molecule has 0 saturated heterocycles. The Balaban J connectivity index is 2.84.